The van der Waals surface area contributed by atoms with Crippen LogP contribution in [-0.4, -0.2) is 50.3 Å². The van der Waals surface area contributed by atoms with Crippen LogP contribution in [0.15, 0.2) is 15.4 Å². The Morgan fingerprint density at radius 1 is 1.42 bits per heavy atom. The average molecular weight is 290 g/mol. The fourth-order valence-corrected chi connectivity index (χ4v) is 2.33. The maximum absolute atomic E-state index is 11.9. The molecular weight excluding hydrogens is 276 g/mol. The molecule has 9 heteroatoms. The lowest BCUT2D eigenvalue weighted by atomic mass is 10.4. The zero-order valence-electron chi connectivity index (χ0n) is 10.6. The molecule has 0 aliphatic carbocycles. The van der Waals surface area contributed by atoms with Gasteiger partial charge < -0.3 is 14.8 Å². The first-order valence-electron chi connectivity index (χ1n) is 5.19. The average Bonchev–Trinajstić information content (AvgIpc) is 2.68. The number of carbonyl (C=O) groups is 2. The molecule has 1 aromatic rings. The predicted molar refractivity (Wildman–Crippen MR) is 64.3 cm³/mol. The summed E-state index contributed by atoms with van der Waals surface area (Å²) in [5.74, 6) is -2.18. The van der Waals surface area contributed by atoms with E-state index in [4.69, 9.17) is 9.52 Å². The third kappa shape index (κ3) is 3.32. The van der Waals surface area contributed by atoms with Crippen LogP contribution in [0.1, 0.15) is 16.3 Å². The van der Waals surface area contributed by atoms with Gasteiger partial charge in [-0.2, -0.15) is 0 Å². The quantitative estimate of drug-likeness (QED) is 0.765. The van der Waals surface area contributed by atoms with Gasteiger partial charge in [-0.05, 0) is 6.92 Å². The molecule has 8 nitrogen and oxygen atoms in total. The number of aliphatic carboxylic acids is 1. The summed E-state index contributed by atoms with van der Waals surface area (Å²) in [6.07, 6.45) is 0. The van der Waals surface area contributed by atoms with E-state index < -0.39 is 28.4 Å². The SMILES string of the molecule is Cc1oc(C(=O)NCC(=O)O)cc1S(=O)(=O)N(C)C. The highest BCUT2D eigenvalue weighted by atomic mass is 32.2. The fourth-order valence-electron chi connectivity index (χ4n) is 1.27. The van der Waals surface area contributed by atoms with Crippen LogP contribution >= 0.6 is 0 Å². The molecule has 106 valence electrons. The maximum Gasteiger partial charge on any atom is 0.322 e. The van der Waals surface area contributed by atoms with Gasteiger partial charge in [0.25, 0.3) is 5.91 Å². The van der Waals surface area contributed by atoms with E-state index in [1.807, 2.05) is 0 Å². The van der Waals surface area contributed by atoms with Gasteiger partial charge in [0.15, 0.2) is 5.76 Å². The van der Waals surface area contributed by atoms with Crippen molar-refractivity contribution >= 4 is 21.9 Å². The number of nitrogens with one attached hydrogen (secondary N) is 1. The van der Waals surface area contributed by atoms with Gasteiger partial charge in [0.05, 0.1) is 0 Å². The van der Waals surface area contributed by atoms with Gasteiger partial charge in [0, 0.05) is 20.2 Å². The molecule has 0 fully saturated rings. The number of nitrogens with zero attached hydrogens (tertiary/aromatic N) is 1. The summed E-state index contributed by atoms with van der Waals surface area (Å²) in [6.45, 7) is 0.832. The number of hydrogen-bond donors (Lipinski definition) is 2. The smallest absolute Gasteiger partial charge is 0.322 e. The normalized spacial score (nSPS) is 11.6. The van der Waals surface area contributed by atoms with E-state index in [9.17, 15) is 18.0 Å². The molecule has 0 aliphatic heterocycles. The molecule has 0 aliphatic rings. The lowest BCUT2D eigenvalue weighted by Gasteiger charge is -2.09. The Bertz CT molecular complexity index is 602. The number of aryl methyl sites for hydroxylation is 1. The Balaban J connectivity index is 3.04. The highest BCUT2D eigenvalue weighted by molar-refractivity contribution is 7.89. The number of amides is 1. The third-order valence-corrected chi connectivity index (χ3v) is 4.18. The van der Waals surface area contributed by atoms with Gasteiger partial charge in [-0.15, -0.1) is 0 Å². The summed E-state index contributed by atoms with van der Waals surface area (Å²) in [7, 11) is -1.00. The van der Waals surface area contributed by atoms with E-state index in [1.54, 1.807) is 0 Å². The Hall–Kier alpha value is -1.87. The Morgan fingerprint density at radius 3 is 2.47 bits per heavy atom. The van der Waals surface area contributed by atoms with Crippen LogP contribution < -0.4 is 5.32 Å². The van der Waals surface area contributed by atoms with Gasteiger partial charge in [0.1, 0.15) is 17.2 Å². The minimum absolute atomic E-state index is 0.0641. The minimum Gasteiger partial charge on any atom is -0.480 e. The van der Waals surface area contributed by atoms with Crippen LogP contribution in [0.25, 0.3) is 0 Å². The van der Waals surface area contributed by atoms with Crippen molar-refractivity contribution in [3.05, 3.63) is 17.6 Å². The Morgan fingerprint density at radius 2 is 2.00 bits per heavy atom. The van der Waals surface area contributed by atoms with Gasteiger partial charge in [-0.1, -0.05) is 0 Å². The van der Waals surface area contributed by atoms with Crippen molar-refractivity contribution < 1.29 is 27.5 Å². The highest BCUT2D eigenvalue weighted by Crippen LogP contribution is 2.22. The van der Waals surface area contributed by atoms with Crippen molar-refractivity contribution in [2.45, 2.75) is 11.8 Å². The topological polar surface area (TPSA) is 117 Å². The Kier molecular flexibility index (Phi) is 4.32. The van der Waals surface area contributed by atoms with Crippen LogP contribution in [0.5, 0.6) is 0 Å². The first kappa shape index (κ1) is 15.2. The summed E-state index contributed by atoms with van der Waals surface area (Å²) in [5.41, 5.74) is 0. The second kappa shape index (κ2) is 5.41. The van der Waals surface area contributed by atoms with Gasteiger partial charge in [-0.3, -0.25) is 9.59 Å². The van der Waals surface area contributed by atoms with E-state index in [0.29, 0.717) is 0 Å². The summed E-state index contributed by atoms with van der Waals surface area (Å²) in [5, 5.41) is 10.5. The highest BCUT2D eigenvalue weighted by Gasteiger charge is 2.25. The van der Waals surface area contributed by atoms with Crippen LogP contribution in [0.3, 0.4) is 0 Å². The molecule has 1 rings (SSSR count). The van der Waals surface area contributed by atoms with Gasteiger partial charge in [-0.25, -0.2) is 12.7 Å². The molecule has 1 aromatic heterocycles. The summed E-state index contributed by atoms with van der Waals surface area (Å²) < 4.78 is 29.8. The van der Waals surface area contributed by atoms with Gasteiger partial charge >= 0.3 is 5.97 Å². The first-order chi connectivity index (χ1) is 8.66. The molecule has 19 heavy (non-hydrogen) atoms. The molecule has 0 unspecified atom stereocenters. The maximum atomic E-state index is 11.9. The largest absolute Gasteiger partial charge is 0.480 e. The zero-order chi connectivity index (χ0) is 14.8. The predicted octanol–water partition coefficient (Wildman–Crippen LogP) is -0.347. The molecule has 0 bridgehead atoms. The first-order valence-corrected chi connectivity index (χ1v) is 6.63. The standard InChI is InChI=1S/C10H14N2O6S/c1-6-8(19(16,17)12(2)3)4-7(18-6)10(15)11-5-9(13)14/h4H,5H2,1-3H3,(H,11,15)(H,13,14). The molecule has 1 amide bonds. The van der Waals surface area contributed by atoms with Crippen LogP contribution in [0.4, 0.5) is 0 Å². The second-order valence-corrected chi connectivity index (χ2v) is 6.02. The van der Waals surface area contributed by atoms with E-state index >= 15 is 0 Å². The molecule has 0 radical (unpaired) electrons. The van der Waals surface area contributed by atoms with Crippen LogP contribution in [0.2, 0.25) is 0 Å². The summed E-state index contributed by atoms with van der Waals surface area (Å²) in [4.78, 5) is 21.7. The van der Waals surface area contributed by atoms with E-state index in [2.05, 4.69) is 5.32 Å². The van der Waals surface area contributed by atoms with Crippen molar-refractivity contribution in [1.82, 2.24) is 9.62 Å². The van der Waals surface area contributed by atoms with Crippen molar-refractivity contribution in [3.8, 4) is 0 Å². The van der Waals surface area contributed by atoms with Gasteiger partial charge in [0.2, 0.25) is 10.0 Å². The minimum atomic E-state index is -3.71. The van der Waals surface area contributed by atoms with Crippen molar-refractivity contribution in [1.29, 1.82) is 0 Å². The van der Waals surface area contributed by atoms with E-state index in [-0.39, 0.29) is 16.4 Å². The number of furan rings is 1. The van der Waals surface area contributed by atoms with E-state index in [0.717, 1.165) is 10.4 Å². The van der Waals surface area contributed by atoms with Crippen molar-refractivity contribution in [3.63, 3.8) is 0 Å². The van der Waals surface area contributed by atoms with Crippen molar-refractivity contribution in [2.75, 3.05) is 20.6 Å². The van der Waals surface area contributed by atoms with Crippen LogP contribution in [-0.2, 0) is 14.8 Å². The number of hydrogen-bond acceptors (Lipinski definition) is 5. The number of carbonyl (C=O) groups excluding carboxylic acids is 1. The number of rotatable bonds is 5. The van der Waals surface area contributed by atoms with E-state index in [1.165, 1.54) is 21.0 Å². The zero-order valence-corrected chi connectivity index (χ0v) is 11.4. The van der Waals surface area contributed by atoms with Crippen LogP contribution in [0, 0.1) is 6.92 Å². The summed E-state index contributed by atoms with van der Waals surface area (Å²) >= 11 is 0. The molecule has 0 saturated heterocycles. The van der Waals surface area contributed by atoms with Crippen molar-refractivity contribution in [2.24, 2.45) is 0 Å². The lowest BCUT2D eigenvalue weighted by molar-refractivity contribution is -0.135. The lowest BCUT2D eigenvalue weighted by Crippen LogP contribution is -2.28. The molecule has 0 aromatic carbocycles. The molecule has 0 atom stereocenters. The second-order valence-electron chi connectivity index (χ2n) is 3.89. The third-order valence-electron chi connectivity index (χ3n) is 2.25. The molecular formula is C10H14N2O6S. The Labute approximate surface area is 110 Å². The monoisotopic (exact) mass is 290 g/mol. The molecule has 2 N–H and O–H groups in total. The fraction of sp³-hybridized carbons (Fsp3) is 0.400. The summed E-state index contributed by atoms with van der Waals surface area (Å²) in [6, 6.07) is 1.07. The molecule has 0 saturated carbocycles. The molecule has 1 heterocycles. The number of sulfonamides is 1. The molecule has 0 spiro atoms. The number of carboxylic acid groups (broad SMARTS) is 1. The number of carboxylic acids is 1.